The molecule has 0 aliphatic carbocycles. The van der Waals surface area contributed by atoms with Gasteiger partial charge in [0.2, 0.25) is 0 Å². The normalized spacial score (nSPS) is 11.5. The molecule has 0 atom stereocenters. The van der Waals surface area contributed by atoms with Crippen LogP contribution in [0.1, 0.15) is 78.6 Å². The van der Waals surface area contributed by atoms with E-state index in [0.717, 1.165) is 52.0 Å². The van der Waals surface area contributed by atoms with Gasteiger partial charge in [0.1, 0.15) is 5.60 Å². The fraction of sp³-hybridized carbons (Fsp3) is 0.950. The van der Waals surface area contributed by atoms with Crippen molar-refractivity contribution >= 4 is 6.09 Å². The number of carbonyl (C=O) groups is 1. The van der Waals surface area contributed by atoms with Gasteiger partial charge in [0.25, 0.3) is 0 Å². The minimum Gasteiger partial charge on any atom is -0.444 e. The van der Waals surface area contributed by atoms with Gasteiger partial charge in [-0.15, -0.1) is 0 Å². The van der Waals surface area contributed by atoms with Crippen LogP contribution in [0.3, 0.4) is 0 Å². The summed E-state index contributed by atoms with van der Waals surface area (Å²) in [6, 6.07) is 0. The molecule has 0 radical (unpaired) electrons. The minimum atomic E-state index is -0.424. The van der Waals surface area contributed by atoms with Crippen molar-refractivity contribution < 1.29 is 9.53 Å². The maximum atomic E-state index is 11.5. The lowest BCUT2D eigenvalue weighted by atomic mass is 10.1. The molecule has 156 valence electrons. The first kappa shape index (κ1) is 25.1. The number of unbranched alkanes of at least 4 members (excludes halogenated alkanes) is 6. The zero-order valence-corrected chi connectivity index (χ0v) is 17.5. The van der Waals surface area contributed by atoms with Gasteiger partial charge in [-0.05, 0) is 92.0 Å². The van der Waals surface area contributed by atoms with Crippen LogP contribution in [-0.2, 0) is 4.74 Å². The van der Waals surface area contributed by atoms with Gasteiger partial charge in [0.15, 0.2) is 0 Å². The molecule has 0 aromatic rings. The number of hydrogen-bond acceptors (Lipinski definition) is 5. The second-order valence-electron chi connectivity index (χ2n) is 7.90. The lowest BCUT2D eigenvalue weighted by Gasteiger charge is -2.19. The SMILES string of the molecule is CC(C)(C)OC(=O)NCCCCNCCCCCCCNCCCCN. The van der Waals surface area contributed by atoms with E-state index in [0.29, 0.717) is 6.54 Å². The fourth-order valence-corrected chi connectivity index (χ4v) is 2.55. The van der Waals surface area contributed by atoms with Crippen LogP contribution in [0.15, 0.2) is 0 Å². The Labute approximate surface area is 161 Å². The highest BCUT2D eigenvalue weighted by molar-refractivity contribution is 5.67. The number of rotatable bonds is 17. The predicted octanol–water partition coefficient (Wildman–Crippen LogP) is 3.16. The van der Waals surface area contributed by atoms with Crippen molar-refractivity contribution in [2.45, 2.75) is 84.2 Å². The van der Waals surface area contributed by atoms with Crippen molar-refractivity contribution in [2.24, 2.45) is 5.73 Å². The smallest absolute Gasteiger partial charge is 0.407 e. The zero-order chi connectivity index (χ0) is 19.5. The Morgan fingerprint density at radius 1 is 0.731 bits per heavy atom. The quantitative estimate of drug-likeness (QED) is 0.295. The van der Waals surface area contributed by atoms with Crippen molar-refractivity contribution in [1.29, 1.82) is 0 Å². The summed E-state index contributed by atoms with van der Waals surface area (Å²) in [6.07, 6.45) is 10.5. The van der Waals surface area contributed by atoms with Crippen molar-refractivity contribution in [2.75, 3.05) is 39.3 Å². The summed E-state index contributed by atoms with van der Waals surface area (Å²) in [4.78, 5) is 11.5. The van der Waals surface area contributed by atoms with Gasteiger partial charge in [-0.25, -0.2) is 4.79 Å². The molecule has 0 saturated heterocycles. The molecule has 0 unspecified atom stereocenters. The Kier molecular flexibility index (Phi) is 17.0. The maximum Gasteiger partial charge on any atom is 0.407 e. The Hall–Kier alpha value is -0.850. The molecule has 0 bridgehead atoms. The molecule has 0 rings (SSSR count). The third kappa shape index (κ3) is 21.2. The summed E-state index contributed by atoms with van der Waals surface area (Å²) in [6.45, 7) is 11.5. The minimum absolute atomic E-state index is 0.323. The van der Waals surface area contributed by atoms with E-state index in [4.69, 9.17) is 10.5 Å². The zero-order valence-electron chi connectivity index (χ0n) is 17.5. The van der Waals surface area contributed by atoms with E-state index >= 15 is 0 Å². The summed E-state index contributed by atoms with van der Waals surface area (Å²) >= 11 is 0. The number of carbonyl (C=O) groups excluding carboxylic acids is 1. The van der Waals surface area contributed by atoms with Crippen molar-refractivity contribution in [3.8, 4) is 0 Å². The average molecular weight is 373 g/mol. The van der Waals surface area contributed by atoms with Crippen LogP contribution in [0, 0.1) is 0 Å². The van der Waals surface area contributed by atoms with Gasteiger partial charge in [0.05, 0.1) is 0 Å². The van der Waals surface area contributed by atoms with E-state index in [1.54, 1.807) is 0 Å². The number of amides is 1. The van der Waals surface area contributed by atoms with Crippen molar-refractivity contribution in [3.05, 3.63) is 0 Å². The first-order valence-electron chi connectivity index (χ1n) is 10.5. The number of ether oxygens (including phenoxy) is 1. The highest BCUT2D eigenvalue weighted by atomic mass is 16.6. The lowest BCUT2D eigenvalue weighted by Crippen LogP contribution is -2.33. The fourth-order valence-electron chi connectivity index (χ4n) is 2.55. The van der Waals surface area contributed by atoms with Gasteiger partial charge in [0, 0.05) is 6.54 Å². The molecule has 0 aliphatic heterocycles. The van der Waals surface area contributed by atoms with E-state index in [-0.39, 0.29) is 6.09 Å². The Balaban J connectivity index is 3.12. The molecule has 1 amide bonds. The molecular formula is C20H44N4O2. The molecule has 6 nitrogen and oxygen atoms in total. The molecule has 0 aromatic carbocycles. The Morgan fingerprint density at radius 3 is 1.65 bits per heavy atom. The van der Waals surface area contributed by atoms with Crippen LogP contribution < -0.4 is 21.7 Å². The van der Waals surface area contributed by atoms with E-state index in [1.165, 1.54) is 38.5 Å². The molecule has 5 N–H and O–H groups in total. The van der Waals surface area contributed by atoms with Gasteiger partial charge in [-0.2, -0.15) is 0 Å². The van der Waals surface area contributed by atoms with Crippen LogP contribution in [0.5, 0.6) is 0 Å². The number of alkyl carbamates (subject to hydrolysis) is 1. The molecule has 0 saturated carbocycles. The molecular weight excluding hydrogens is 328 g/mol. The number of nitrogens with two attached hydrogens (primary N) is 1. The highest BCUT2D eigenvalue weighted by Crippen LogP contribution is 2.06. The van der Waals surface area contributed by atoms with E-state index in [9.17, 15) is 4.79 Å². The number of nitrogens with one attached hydrogen (secondary N) is 3. The second kappa shape index (κ2) is 17.6. The predicted molar refractivity (Wildman–Crippen MR) is 111 cm³/mol. The topological polar surface area (TPSA) is 88.4 Å². The standard InChI is InChI=1S/C20H44N4O2/c1-20(2,3)26-19(25)24-18-12-11-17-23-15-9-6-4-5-8-14-22-16-10-7-13-21/h22-23H,4-18,21H2,1-3H3,(H,24,25). The van der Waals surface area contributed by atoms with Crippen LogP contribution in [0.2, 0.25) is 0 Å². The van der Waals surface area contributed by atoms with Gasteiger partial charge >= 0.3 is 6.09 Å². The van der Waals surface area contributed by atoms with E-state index in [1.807, 2.05) is 20.8 Å². The molecule has 26 heavy (non-hydrogen) atoms. The molecule has 6 heteroatoms. The highest BCUT2D eigenvalue weighted by Gasteiger charge is 2.15. The van der Waals surface area contributed by atoms with Crippen LogP contribution in [-0.4, -0.2) is 51.0 Å². The van der Waals surface area contributed by atoms with Gasteiger partial charge in [-0.3, -0.25) is 0 Å². The third-order valence-electron chi connectivity index (χ3n) is 3.96. The summed E-state index contributed by atoms with van der Waals surface area (Å²) < 4.78 is 5.19. The first-order valence-corrected chi connectivity index (χ1v) is 10.5. The summed E-state index contributed by atoms with van der Waals surface area (Å²) in [5.74, 6) is 0. The molecule has 0 fully saturated rings. The van der Waals surface area contributed by atoms with Gasteiger partial charge in [-0.1, -0.05) is 19.3 Å². The monoisotopic (exact) mass is 372 g/mol. The van der Waals surface area contributed by atoms with E-state index in [2.05, 4.69) is 16.0 Å². The van der Waals surface area contributed by atoms with Gasteiger partial charge < -0.3 is 26.4 Å². The summed E-state index contributed by atoms with van der Waals surface area (Å²) in [5, 5.41) is 9.74. The molecule has 0 aliphatic rings. The molecule has 0 aromatic heterocycles. The Morgan fingerprint density at radius 2 is 1.15 bits per heavy atom. The Bertz CT molecular complexity index is 319. The lowest BCUT2D eigenvalue weighted by molar-refractivity contribution is 0.0527. The average Bonchev–Trinajstić information content (AvgIpc) is 2.56. The van der Waals surface area contributed by atoms with Crippen LogP contribution >= 0.6 is 0 Å². The summed E-state index contributed by atoms with van der Waals surface area (Å²) in [5.41, 5.74) is 5.04. The summed E-state index contributed by atoms with van der Waals surface area (Å²) in [7, 11) is 0. The first-order chi connectivity index (χ1) is 12.5. The molecule has 0 heterocycles. The largest absolute Gasteiger partial charge is 0.444 e. The maximum absolute atomic E-state index is 11.5. The van der Waals surface area contributed by atoms with E-state index < -0.39 is 5.60 Å². The third-order valence-corrected chi connectivity index (χ3v) is 3.96. The number of hydrogen-bond donors (Lipinski definition) is 4. The molecule has 0 spiro atoms. The van der Waals surface area contributed by atoms with Crippen LogP contribution in [0.4, 0.5) is 4.79 Å². The van der Waals surface area contributed by atoms with Crippen molar-refractivity contribution in [3.63, 3.8) is 0 Å². The van der Waals surface area contributed by atoms with Crippen molar-refractivity contribution in [1.82, 2.24) is 16.0 Å². The second-order valence-corrected chi connectivity index (χ2v) is 7.90. The van der Waals surface area contributed by atoms with Crippen LogP contribution in [0.25, 0.3) is 0 Å².